The van der Waals surface area contributed by atoms with Crippen molar-refractivity contribution in [3.63, 3.8) is 0 Å². The van der Waals surface area contributed by atoms with Crippen molar-refractivity contribution in [3.05, 3.63) is 59.7 Å². The highest BCUT2D eigenvalue weighted by atomic mass is 19.1. The van der Waals surface area contributed by atoms with Gasteiger partial charge in [0, 0.05) is 41.8 Å². The third kappa shape index (κ3) is 3.82. The number of aromatic amines is 1. The average Bonchev–Trinajstić information content (AvgIpc) is 3.45. The Morgan fingerprint density at radius 3 is 2.62 bits per heavy atom. The number of amides is 3. The number of carbonyl (C=O) groups is 2. The number of rotatable bonds is 4. The van der Waals surface area contributed by atoms with Crippen LogP contribution in [-0.2, 0) is 6.54 Å². The summed E-state index contributed by atoms with van der Waals surface area (Å²) >= 11 is 0. The van der Waals surface area contributed by atoms with Crippen LogP contribution >= 0.6 is 0 Å². The summed E-state index contributed by atoms with van der Waals surface area (Å²) in [5.74, 6) is -0.0943. The number of urea groups is 1. The van der Waals surface area contributed by atoms with Gasteiger partial charge in [-0.3, -0.25) is 4.79 Å². The van der Waals surface area contributed by atoms with E-state index in [9.17, 15) is 9.59 Å². The van der Waals surface area contributed by atoms with Gasteiger partial charge in [0.25, 0.3) is 5.91 Å². The van der Waals surface area contributed by atoms with E-state index in [1.54, 1.807) is 36.7 Å². The van der Waals surface area contributed by atoms with E-state index in [-0.39, 0.29) is 18.0 Å². The second-order valence-corrected chi connectivity index (χ2v) is 7.95. The topological polar surface area (TPSA) is 111 Å². The lowest BCUT2D eigenvalue weighted by molar-refractivity contribution is 0.0966. The Morgan fingerprint density at radius 2 is 1.88 bits per heavy atom. The number of benzene rings is 2. The molecule has 0 atom stereocenters. The average molecular weight is 434 g/mol. The van der Waals surface area contributed by atoms with Crippen LogP contribution in [0.3, 0.4) is 0 Å². The molecule has 3 amide bonds. The first-order valence-electron chi connectivity index (χ1n) is 10.6. The Labute approximate surface area is 184 Å². The monoisotopic (exact) mass is 434 g/mol. The zero-order valence-corrected chi connectivity index (χ0v) is 17.3. The summed E-state index contributed by atoms with van der Waals surface area (Å²) in [6.45, 7) is 2.06. The highest BCUT2D eigenvalue weighted by molar-refractivity contribution is 6.06. The summed E-state index contributed by atoms with van der Waals surface area (Å²) < 4.78 is 15.1. The molecule has 1 aromatic heterocycles. The van der Waals surface area contributed by atoms with Crippen LogP contribution in [0.5, 0.6) is 0 Å². The number of carbonyl (C=O) groups excluding carboxylic acids is 2. The van der Waals surface area contributed by atoms with Crippen LogP contribution in [-0.4, -0.2) is 41.0 Å². The van der Waals surface area contributed by atoms with Gasteiger partial charge in [-0.1, -0.05) is 6.07 Å². The van der Waals surface area contributed by atoms with Gasteiger partial charge in [0.15, 0.2) is 0 Å². The predicted molar refractivity (Wildman–Crippen MR) is 119 cm³/mol. The Bertz CT molecular complexity index is 1170. The zero-order valence-electron chi connectivity index (χ0n) is 17.3. The molecule has 5 rings (SSSR count). The van der Waals surface area contributed by atoms with Gasteiger partial charge in [-0.05, 0) is 61.3 Å². The molecule has 3 heterocycles. The molecule has 1 saturated heterocycles. The SMILES string of the molecule is O=C(Nc1ccc(-c2ccc(-c3ncc[nH]3)c3c2CNC3=O)c(F)c1)NC1CCNCC1. The number of halogens is 1. The summed E-state index contributed by atoms with van der Waals surface area (Å²) in [7, 11) is 0. The number of hydrogen-bond donors (Lipinski definition) is 5. The van der Waals surface area contributed by atoms with Gasteiger partial charge in [-0.15, -0.1) is 0 Å². The molecule has 32 heavy (non-hydrogen) atoms. The van der Waals surface area contributed by atoms with E-state index in [0.717, 1.165) is 31.5 Å². The number of anilines is 1. The van der Waals surface area contributed by atoms with Crippen LogP contribution in [0.4, 0.5) is 14.9 Å². The lowest BCUT2D eigenvalue weighted by Crippen LogP contribution is -2.44. The molecule has 1 fully saturated rings. The van der Waals surface area contributed by atoms with Gasteiger partial charge in [0.2, 0.25) is 0 Å². The second kappa shape index (κ2) is 8.43. The predicted octanol–water partition coefficient (Wildman–Crippen LogP) is 3.00. The molecule has 0 saturated carbocycles. The fourth-order valence-corrected chi connectivity index (χ4v) is 4.34. The maximum Gasteiger partial charge on any atom is 0.319 e. The van der Waals surface area contributed by atoms with E-state index < -0.39 is 5.82 Å². The minimum atomic E-state index is -0.475. The van der Waals surface area contributed by atoms with Gasteiger partial charge in [0.1, 0.15) is 11.6 Å². The smallest absolute Gasteiger partial charge is 0.319 e. The van der Waals surface area contributed by atoms with Crippen molar-refractivity contribution in [1.29, 1.82) is 0 Å². The molecule has 8 nitrogen and oxygen atoms in total. The molecule has 9 heteroatoms. The zero-order chi connectivity index (χ0) is 22.1. The lowest BCUT2D eigenvalue weighted by Gasteiger charge is -2.23. The molecule has 5 N–H and O–H groups in total. The summed E-state index contributed by atoms with van der Waals surface area (Å²) in [4.78, 5) is 32.0. The van der Waals surface area contributed by atoms with E-state index in [1.807, 2.05) is 0 Å². The minimum Gasteiger partial charge on any atom is -0.348 e. The number of imidazole rings is 1. The maximum absolute atomic E-state index is 15.1. The van der Waals surface area contributed by atoms with Crippen molar-refractivity contribution in [2.24, 2.45) is 0 Å². The number of piperidine rings is 1. The van der Waals surface area contributed by atoms with E-state index in [0.29, 0.717) is 40.3 Å². The third-order valence-corrected chi connectivity index (χ3v) is 5.91. The van der Waals surface area contributed by atoms with Crippen molar-refractivity contribution < 1.29 is 14.0 Å². The Hall–Kier alpha value is -3.72. The van der Waals surface area contributed by atoms with Crippen molar-refractivity contribution in [3.8, 4) is 22.5 Å². The summed E-state index contributed by atoms with van der Waals surface area (Å²) in [5.41, 5.74) is 3.28. The Morgan fingerprint density at radius 1 is 1.09 bits per heavy atom. The van der Waals surface area contributed by atoms with Crippen LogP contribution in [0, 0.1) is 5.82 Å². The van der Waals surface area contributed by atoms with Crippen molar-refractivity contribution >= 4 is 17.6 Å². The lowest BCUT2D eigenvalue weighted by atomic mass is 9.92. The minimum absolute atomic E-state index is 0.112. The Kier molecular flexibility index (Phi) is 5.32. The molecular weight excluding hydrogens is 411 g/mol. The molecular formula is C23H23FN6O2. The van der Waals surface area contributed by atoms with Crippen molar-refractivity contribution in [1.82, 2.24) is 25.9 Å². The molecule has 0 unspecified atom stereocenters. The molecule has 2 aliphatic heterocycles. The van der Waals surface area contributed by atoms with Gasteiger partial charge >= 0.3 is 6.03 Å². The highest BCUT2D eigenvalue weighted by Crippen LogP contribution is 2.36. The first-order chi connectivity index (χ1) is 15.6. The number of hydrogen-bond acceptors (Lipinski definition) is 4. The van der Waals surface area contributed by atoms with Crippen LogP contribution < -0.4 is 21.3 Å². The number of aromatic nitrogens is 2. The fraction of sp³-hybridized carbons (Fsp3) is 0.261. The van der Waals surface area contributed by atoms with Crippen LogP contribution in [0.2, 0.25) is 0 Å². The summed E-state index contributed by atoms with van der Waals surface area (Å²) in [6.07, 6.45) is 5.05. The van der Waals surface area contributed by atoms with E-state index in [4.69, 9.17) is 0 Å². The fourth-order valence-electron chi connectivity index (χ4n) is 4.34. The van der Waals surface area contributed by atoms with Crippen molar-refractivity contribution in [2.75, 3.05) is 18.4 Å². The molecule has 0 bridgehead atoms. The van der Waals surface area contributed by atoms with E-state index in [1.165, 1.54) is 6.07 Å². The molecule has 2 aromatic carbocycles. The van der Waals surface area contributed by atoms with Crippen LogP contribution in [0.1, 0.15) is 28.8 Å². The van der Waals surface area contributed by atoms with E-state index >= 15 is 4.39 Å². The normalized spacial score (nSPS) is 15.8. The standard InChI is InChI=1S/C23H23FN6O2/c24-19-11-14(30-23(32)29-13-5-7-25-8-6-13)1-2-16(19)15-3-4-17(21-26-9-10-27-21)20-18(15)12-28-22(20)31/h1-4,9-11,13,25H,5-8,12H2,(H,26,27)(H,28,31)(H2,29,30,32). The van der Waals surface area contributed by atoms with Crippen LogP contribution in [0.15, 0.2) is 42.7 Å². The number of H-pyrrole nitrogens is 1. The Balaban J connectivity index is 1.40. The molecule has 0 spiro atoms. The third-order valence-electron chi connectivity index (χ3n) is 5.91. The van der Waals surface area contributed by atoms with Gasteiger partial charge in [-0.2, -0.15) is 0 Å². The van der Waals surface area contributed by atoms with E-state index in [2.05, 4.69) is 31.2 Å². The molecule has 164 valence electrons. The maximum atomic E-state index is 15.1. The summed E-state index contributed by atoms with van der Waals surface area (Å²) in [5, 5.41) is 11.7. The van der Waals surface area contributed by atoms with Gasteiger partial charge in [0.05, 0.1) is 5.56 Å². The van der Waals surface area contributed by atoms with Crippen LogP contribution in [0.25, 0.3) is 22.5 Å². The summed E-state index contributed by atoms with van der Waals surface area (Å²) in [6, 6.07) is 7.93. The molecule has 0 radical (unpaired) electrons. The first-order valence-corrected chi connectivity index (χ1v) is 10.6. The quantitative estimate of drug-likeness (QED) is 0.435. The van der Waals surface area contributed by atoms with Crippen molar-refractivity contribution in [2.45, 2.75) is 25.4 Å². The number of nitrogens with zero attached hydrogens (tertiary/aromatic N) is 1. The van der Waals surface area contributed by atoms with Gasteiger partial charge in [-0.25, -0.2) is 14.2 Å². The molecule has 0 aliphatic carbocycles. The largest absolute Gasteiger partial charge is 0.348 e. The van der Waals surface area contributed by atoms with Gasteiger partial charge < -0.3 is 26.3 Å². The second-order valence-electron chi connectivity index (χ2n) is 7.95. The first kappa shape index (κ1) is 20.2. The molecule has 3 aromatic rings. The molecule has 2 aliphatic rings. The number of nitrogens with one attached hydrogen (secondary N) is 5. The number of fused-ring (bicyclic) bond motifs is 1. The highest BCUT2D eigenvalue weighted by Gasteiger charge is 2.28.